The maximum absolute atomic E-state index is 10.3. The Balaban J connectivity index is 3.58. The molecule has 0 aromatic carbocycles. The predicted octanol–water partition coefficient (Wildman–Crippen LogP) is 0.931. The van der Waals surface area contributed by atoms with Crippen molar-refractivity contribution in [3.63, 3.8) is 0 Å². The Labute approximate surface area is 61.6 Å². The Morgan fingerprint density at radius 2 is 2.10 bits per heavy atom. The molecule has 0 unspecified atom stereocenters. The second-order valence-electron chi connectivity index (χ2n) is 3.25. The standard InChI is InChI=1S/C6H11NO2Si/c1-10(2,3)5-9-6(8)4-7/h5H2,1-3H3. The highest BCUT2D eigenvalue weighted by atomic mass is 28.3. The van der Waals surface area contributed by atoms with E-state index in [2.05, 4.69) is 24.4 Å². The molecule has 4 heteroatoms. The lowest BCUT2D eigenvalue weighted by atomic mass is 10.8. The van der Waals surface area contributed by atoms with Gasteiger partial charge in [-0.1, -0.05) is 19.6 Å². The number of nitriles is 1. The first-order valence-electron chi connectivity index (χ1n) is 3.02. The molecule has 56 valence electrons. The first-order valence-corrected chi connectivity index (χ1v) is 6.73. The molecule has 0 rings (SSSR count). The van der Waals surface area contributed by atoms with Gasteiger partial charge in [0.1, 0.15) is 0 Å². The molecule has 0 heterocycles. The van der Waals surface area contributed by atoms with Crippen LogP contribution in [0.4, 0.5) is 0 Å². The van der Waals surface area contributed by atoms with Crippen molar-refractivity contribution in [3.05, 3.63) is 0 Å². The summed E-state index contributed by atoms with van der Waals surface area (Å²) in [6, 6.07) is 1.40. The summed E-state index contributed by atoms with van der Waals surface area (Å²) in [5.41, 5.74) is 0. The third-order valence-corrected chi connectivity index (χ3v) is 1.74. The Kier molecular flexibility index (Phi) is 3.09. The quantitative estimate of drug-likeness (QED) is 0.340. The minimum Gasteiger partial charge on any atom is -0.458 e. The average molecular weight is 157 g/mol. The Bertz CT molecular complexity index is 166. The van der Waals surface area contributed by atoms with E-state index in [0.29, 0.717) is 6.23 Å². The molecule has 0 fully saturated rings. The Hall–Kier alpha value is -0.823. The highest BCUT2D eigenvalue weighted by molar-refractivity contribution is 6.76. The molecular weight excluding hydrogens is 146 g/mol. The van der Waals surface area contributed by atoms with E-state index in [-0.39, 0.29) is 0 Å². The van der Waals surface area contributed by atoms with E-state index in [1.54, 1.807) is 0 Å². The number of hydrogen-bond donors (Lipinski definition) is 0. The van der Waals surface area contributed by atoms with Gasteiger partial charge in [0.15, 0.2) is 6.07 Å². The van der Waals surface area contributed by atoms with Crippen LogP contribution >= 0.6 is 0 Å². The molecule has 0 radical (unpaired) electrons. The lowest BCUT2D eigenvalue weighted by Crippen LogP contribution is -2.29. The molecule has 0 spiro atoms. The van der Waals surface area contributed by atoms with E-state index in [0.717, 1.165) is 0 Å². The van der Waals surface area contributed by atoms with Gasteiger partial charge in [-0.05, 0) is 0 Å². The van der Waals surface area contributed by atoms with Crippen LogP contribution in [-0.4, -0.2) is 20.3 Å². The second kappa shape index (κ2) is 3.37. The minimum atomic E-state index is -1.33. The molecule has 0 saturated heterocycles. The van der Waals surface area contributed by atoms with Crippen LogP contribution in [0, 0.1) is 11.3 Å². The third-order valence-electron chi connectivity index (χ3n) is 0.728. The van der Waals surface area contributed by atoms with Crippen LogP contribution in [-0.2, 0) is 9.53 Å². The molecule has 0 aromatic heterocycles. The first-order chi connectivity index (χ1) is 4.45. The molecule has 0 atom stereocenters. The van der Waals surface area contributed by atoms with Gasteiger partial charge in [0.2, 0.25) is 0 Å². The van der Waals surface area contributed by atoms with Crippen molar-refractivity contribution in [2.45, 2.75) is 19.6 Å². The summed E-state index contributed by atoms with van der Waals surface area (Å²) in [5.74, 6) is -0.776. The van der Waals surface area contributed by atoms with Gasteiger partial charge in [-0.3, -0.25) is 0 Å². The summed E-state index contributed by atoms with van der Waals surface area (Å²) in [5, 5.41) is 8.02. The zero-order valence-corrected chi connectivity index (χ0v) is 7.47. The molecular formula is C6H11NO2Si. The van der Waals surface area contributed by atoms with Crippen molar-refractivity contribution in [3.8, 4) is 6.07 Å². The van der Waals surface area contributed by atoms with Crippen molar-refractivity contribution < 1.29 is 9.53 Å². The smallest absolute Gasteiger partial charge is 0.410 e. The summed E-state index contributed by atoms with van der Waals surface area (Å²) >= 11 is 0. The zero-order valence-electron chi connectivity index (χ0n) is 6.47. The fourth-order valence-corrected chi connectivity index (χ4v) is 0.878. The minimum absolute atomic E-state index is 0.430. The maximum atomic E-state index is 10.3. The van der Waals surface area contributed by atoms with Gasteiger partial charge in [-0.25, -0.2) is 4.79 Å². The zero-order chi connectivity index (χ0) is 8.20. The van der Waals surface area contributed by atoms with Crippen LogP contribution in [0.25, 0.3) is 0 Å². The van der Waals surface area contributed by atoms with Crippen LogP contribution in [0.3, 0.4) is 0 Å². The fraction of sp³-hybridized carbons (Fsp3) is 0.667. The van der Waals surface area contributed by atoms with E-state index < -0.39 is 14.0 Å². The highest BCUT2D eigenvalue weighted by Crippen LogP contribution is 1.99. The average Bonchev–Trinajstić information content (AvgIpc) is 1.81. The Morgan fingerprint density at radius 1 is 1.60 bits per heavy atom. The summed E-state index contributed by atoms with van der Waals surface area (Å²) in [6.45, 7) is 6.20. The van der Waals surface area contributed by atoms with Gasteiger partial charge in [-0.15, -0.1) is 0 Å². The van der Waals surface area contributed by atoms with E-state index in [1.807, 2.05) is 0 Å². The lowest BCUT2D eigenvalue weighted by Gasteiger charge is -2.13. The summed E-state index contributed by atoms with van der Waals surface area (Å²) in [4.78, 5) is 10.3. The Morgan fingerprint density at radius 3 is 2.40 bits per heavy atom. The highest BCUT2D eigenvalue weighted by Gasteiger charge is 2.15. The van der Waals surface area contributed by atoms with Gasteiger partial charge in [-0.2, -0.15) is 5.26 Å². The number of nitrogens with zero attached hydrogens (tertiary/aromatic N) is 1. The number of hydrogen-bond acceptors (Lipinski definition) is 3. The third kappa shape index (κ3) is 5.32. The monoisotopic (exact) mass is 157 g/mol. The van der Waals surface area contributed by atoms with Crippen LogP contribution in [0.5, 0.6) is 0 Å². The van der Waals surface area contributed by atoms with Crippen LogP contribution in [0.15, 0.2) is 0 Å². The van der Waals surface area contributed by atoms with Crippen molar-refractivity contribution in [2.75, 3.05) is 6.23 Å². The SMILES string of the molecule is C[Si](C)(C)COC(=O)C#N. The van der Waals surface area contributed by atoms with Crippen molar-refractivity contribution in [1.82, 2.24) is 0 Å². The summed E-state index contributed by atoms with van der Waals surface area (Å²) < 4.78 is 4.62. The molecule has 0 aliphatic heterocycles. The second-order valence-corrected chi connectivity index (χ2v) is 8.66. The van der Waals surface area contributed by atoms with Gasteiger partial charge in [0, 0.05) is 0 Å². The molecule has 0 aromatic rings. The molecule has 0 saturated carbocycles. The number of esters is 1. The molecule has 0 aliphatic carbocycles. The normalized spacial score (nSPS) is 10.2. The predicted molar refractivity (Wildman–Crippen MR) is 39.9 cm³/mol. The molecule has 3 nitrogen and oxygen atoms in total. The number of carbonyl (C=O) groups is 1. The van der Waals surface area contributed by atoms with Crippen LogP contribution in [0.1, 0.15) is 0 Å². The van der Waals surface area contributed by atoms with Gasteiger partial charge >= 0.3 is 5.97 Å². The van der Waals surface area contributed by atoms with Crippen molar-refractivity contribution >= 4 is 14.0 Å². The van der Waals surface area contributed by atoms with Crippen LogP contribution < -0.4 is 0 Å². The number of ether oxygens (including phenoxy) is 1. The molecule has 0 bridgehead atoms. The topological polar surface area (TPSA) is 50.1 Å². The van der Waals surface area contributed by atoms with Gasteiger partial charge in [0.05, 0.1) is 14.3 Å². The number of rotatable bonds is 2. The van der Waals surface area contributed by atoms with Gasteiger partial charge in [0.25, 0.3) is 0 Å². The van der Waals surface area contributed by atoms with E-state index in [1.165, 1.54) is 6.07 Å². The lowest BCUT2D eigenvalue weighted by molar-refractivity contribution is -0.135. The maximum Gasteiger partial charge on any atom is 0.410 e. The molecule has 10 heavy (non-hydrogen) atoms. The molecule has 0 aliphatic rings. The largest absolute Gasteiger partial charge is 0.458 e. The van der Waals surface area contributed by atoms with E-state index >= 15 is 0 Å². The van der Waals surface area contributed by atoms with E-state index in [4.69, 9.17) is 5.26 Å². The summed E-state index contributed by atoms with van der Waals surface area (Å²) in [6.07, 6.45) is 0.430. The van der Waals surface area contributed by atoms with Crippen molar-refractivity contribution in [2.24, 2.45) is 0 Å². The number of carbonyl (C=O) groups excluding carboxylic acids is 1. The van der Waals surface area contributed by atoms with Crippen LogP contribution in [0.2, 0.25) is 19.6 Å². The van der Waals surface area contributed by atoms with E-state index in [9.17, 15) is 4.79 Å². The van der Waals surface area contributed by atoms with Gasteiger partial charge < -0.3 is 4.74 Å². The summed E-state index contributed by atoms with van der Waals surface area (Å²) in [7, 11) is -1.33. The molecule has 0 amide bonds. The van der Waals surface area contributed by atoms with Crippen molar-refractivity contribution in [1.29, 1.82) is 5.26 Å². The molecule has 0 N–H and O–H groups in total. The fourth-order valence-electron chi connectivity index (χ4n) is 0.314. The first kappa shape index (κ1) is 9.18.